The fourth-order valence-electron chi connectivity index (χ4n) is 18.0. The molecule has 0 aliphatic heterocycles. The van der Waals surface area contributed by atoms with E-state index in [1.807, 2.05) is 95.5 Å². The predicted octanol–water partition coefficient (Wildman–Crippen LogP) is 30.7. The summed E-state index contributed by atoms with van der Waals surface area (Å²) in [6.45, 7) is 0. The lowest BCUT2D eigenvalue weighted by Gasteiger charge is -2.16. The molecule has 0 amide bonds. The van der Waals surface area contributed by atoms with E-state index in [9.17, 15) is 0 Å². The van der Waals surface area contributed by atoms with Gasteiger partial charge in [-0.3, -0.25) is 0 Å². The molecule has 0 aliphatic rings. The van der Waals surface area contributed by atoms with Crippen molar-refractivity contribution in [2.75, 3.05) is 0 Å². The number of thiophene rings is 2. The smallest absolute Gasteiger partial charge is 0.164 e. The topological polar surface area (TPSA) is 87.2 Å². The van der Waals surface area contributed by atoms with Gasteiger partial charge in [0.1, 0.15) is 0 Å². The van der Waals surface area contributed by atoms with E-state index in [4.69, 9.17) is 29.9 Å². The molecule has 10 heteroatoms. The maximum Gasteiger partial charge on any atom is 0.164 e. The van der Waals surface area contributed by atoms with Gasteiger partial charge in [0.25, 0.3) is 0 Å². The van der Waals surface area contributed by atoms with Gasteiger partial charge < -0.3 is 9.13 Å². The highest BCUT2D eigenvalue weighted by Gasteiger charge is 2.26. The summed E-state index contributed by atoms with van der Waals surface area (Å²) in [4.78, 5) is 31.3. The summed E-state index contributed by atoms with van der Waals surface area (Å²) >= 11 is 3.73. The predicted molar refractivity (Wildman–Crippen MR) is 519 cm³/mol. The van der Waals surface area contributed by atoms with Gasteiger partial charge in [0.15, 0.2) is 34.9 Å². The number of rotatable bonds is 14. The monoisotopic (exact) mass is 1620 g/mol. The van der Waals surface area contributed by atoms with Gasteiger partial charge in [-0.2, -0.15) is 0 Å². The molecule has 0 spiro atoms. The molecule has 6 aromatic heterocycles. The van der Waals surface area contributed by atoms with E-state index in [1.54, 1.807) is 0 Å². The van der Waals surface area contributed by atoms with Crippen LogP contribution in [0.1, 0.15) is 0 Å². The van der Waals surface area contributed by atoms with Crippen molar-refractivity contribution in [1.82, 2.24) is 39.0 Å². The van der Waals surface area contributed by atoms with E-state index in [1.165, 1.54) is 106 Å². The van der Waals surface area contributed by atoms with E-state index < -0.39 is 0 Å². The molecule has 8 nitrogen and oxygen atoms in total. The normalized spacial score (nSPS) is 11.5. The van der Waals surface area contributed by atoms with Crippen LogP contribution in [-0.2, 0) is 0 Å². The minimum absolute atomic E-state index is 0.622. The third-order valence-corrected chi connectivity index (χ3v) is 26.2. The second-order valence-electron chi connectivity index (χ2n) is 31.1. The first-order chi connectivity index (χ1) is 61.5. The van der Waals surface area contributed by atoms with Crippen molar-refractivity contribution in [3.8, 4) is 146 Å². The highest BCUT2D eigenvalue weighted by Crippen LogP contribution is 2.51. The molecule has 124 heavy (non-hydrogen) atoms. The molecule has 18 aromatic carbocycles. The largest absolute Gasteiger partial charge is 0.308 e. The Kier molecular flexibility index (Phi) is 18.5. The standard InChI is InChI=1S/2C57H36N4S/c1-5-18-37(19-6-1)42-26-13-14-27-43(42)40-32-33-44(50(36-40)57-59-55(38-20-7-2-8-21-38)58-56(60-57)39-22-9-3-10-23-39)47-29-17-30-48-49-35-34-46-45-28-15-16-31-51(45)61(41-24-11-4-12-25-41)52(46)54(49)62-53(47)48;1-5-17-37(18-6-1)43-25-13-14-26-44(43)40-29-31-45(50(35-40)57-59-55(38-19-7-2-8-20-38)58-56(60-57)39-21-9-3-10-22-39)41-30-32-47-49-34-33-48-46-27-15-16-28-51(46)61(42-23-11-4-12-24-42)53(48)54(49)62-52(47)36-41/h2*1-36H. The van der Waals surface area contributed by atoms with Crippen molar-refractivity contribution in [3.63, 3.8) is 0 Å². The Bertz CT molecular complexity index is 8080. The Morgan fingerprint density at radius 2 is 0.452 bits per heavy atom. The fraction of sp³-hybridized carbons (Fsp3) is 0. The Labute approximate surface area is 723 Å². The lowest BCUT2D eigenvalue weighted by Crippen LogP contribution is -2.01. The van der Waals surface area contributed by atoms with Crippen LogP contribution in [0.5, 0.6) is 0 Å². The van der Waals surface area contributed by atoms with E-state index in [0.29, 0.717) is 34.9 Å². The van der Waals surface area contributed by atoms with Crippen LogP contribution in [0.3, 0.4) is 0 Å². The summed E-state index contributed by atoms with van der Waals surface area (Å²) in [7, 11) is 0. The fourth-order valence-corrected chi connectivity index (χ4v) is 20.6. The zero-order chi connectivity index (χ0) is 82.0. The molecule has 0 unspecified atom stereocenters. The number of hydrogen-bond donors (Lipinski definition) is 0. The van der Waals surface area contributed by atoms with Gasteiger partial charge in [-0.25, -0.2) is 29.9 Å². The van der Waals surface area contributed by atoms with Crippen LogP contribution in [-0.4, -0.2) is 39.0 Å². The first-order valence-corrected chi connectivity index (χ1v) is 43.3. The van der Waals surface area contributed by atoms with Gasteiger partial charge in [-0.05, 0) is 116 Å². The molecule has 0 radical (unpaired) electrons. The first-order valence-electron chi connectivity index (χ1n) is 41.7. The van der Waals surface area contributed by atoms with Crippen molar-refractivity contribution in [2.24, 2.45) is 0 Å². The van der Waals surface area contributed by atoms with Gasteiger partial charge in [-0.15, -0.1) is 22.7 Å². The van der Waals surface area contributed by atoms with Crippen molar-refractivity contribution >= 4 is 107 Å². The lowest BCUT2D eigenvalue weighted by molar-refractivity contribution is 1.07. The van der Waals surface area contributed by atoms with Crippen molar-refractivity contribution in [1.29, 1.82) is 0 Å². The van der Waals surface area contributed by atoms with Crippen LogP contribution in [0.25, 0.3) is 230 Å². The summed E-state index contributed by atoms with van der Waals surface area (Å²) < 4.78 is 9.86. The molecule has 0 saturated carbocycles. The number of nitrogens with zero attached hydrogens (tertiary/aromatic N) is 8. The van der Waals surface area contributed by atoms with Crippen molar-refractivity contribution in [3.05, 3.63) is 437 Å². The summed E-state index contributed by atoms with van der Waals surface area (Å²) in [5.41, 5.74) is 26.3. The zero-order valence-electron chi connectivity index (χ0n) is 67.0. The number of hydrogen-bond acceptors (Lipinski definition) is 8. The number of para-hydroxylation sites is 4. The summed E-state index contributed by atoms with van der Waals surface area (Å²) in [5, 5.41) is 9.99. The molecule has 0 N–H and O–H groups in total. The number of aromatic nitrogens is 8. The Hall–Kier alpha value is -16.0. The molecular formula is C114H72N8S2. The highest BCUT2D eigenvalue weighted by atomic mass is 32.1. The van der Waals surface area contributed by atoms with Gasteiger partial charge in [0.05, 0.1) is 31.5 Å². The third-order valence-electron chi connectivity index (χ3n) is 23.8. The summed E-state index contributed by atoms with van der Waals surface area (Å²) in [6, 6.07) is 155. The van der Waals surface area contributed by atoms with Crippen LogP contribution in [0, 0.1) is 0 Å². The highest BCUT2D eigenvalue weighted by molar-refractivity contribution is 7.27. The van der Waals surface area contributed by atoms with Crippen LogP contribution < -0.4 is 0 Å². The second kappa shape index (κ2) is 31.3. The quantitative estimate of drug-likeness (QED) is 0.108. The van der Waals surface area contributed by atoms with Gasteiger partial charge >= 0.3 is 0 Å². The number of fused-ring (bicyclic) bond motifs is 14. The average Bonchev–Trinajstić information content (AvgIpc) is 1.56. The number of benzene rings is 18. The Balaban J connectivity index is 0.000000143. The van der Waals surface area contributed by atoms with Crippen LogP contribution in [0.4, 0.5) is 0 Å². The van der Waals surface area contributed by atoms with Crippen LogP contribution in [0.15, 0.2) is 437 Å². The Morgan fingerprint density at radius 1 is 0.161 bits per heavy atom. The molecule has 6 heterocycles. The van der Waals surface area contributed by atoms with E-state index in [2.05, 4.69) is 373 Å². The van der Waals surface area contributed by atoms with E-state index in [-0.39, 0.29) is 0 Å². The molecule has 0 fully saturated rings. The lowest BCUT2D eigenvalue weighted by atomic mass is 9.90. The average molecular weight is 1620 g/mol. The third kappa shape index (κ3) is 13.1. The maximum absolute atomic E-state index is 5.31. The minimum atomic E-state index is 0.622. The summed E-state index contributed by atoms with van der Waals surface area (Å²) in [6.07, 6.45) is 0. The van der Waals surface area contributed by atoms with Crippen molar-refractivity contribution in [2.45, 2.75) is 0 Å². The van der Waals surface area contributed by atoms with E-state index in [0.717, 1.165) is 89.3 Å². The van der Waals surface area contributed by atoms with Gasteiger partial charge in [-0.1, -0.05) is 382 Å². The maximum atomic E-state index is 5.31. The summed E-state index contributed by atoms with van der Waals surface area (Å²) in [5.74, 6) is 3.77. The SMILES string of the molecule is c1ccc(-c2nc(-c3ccccc3)nc(-c3cc(-c4ccccc4-c4ccccc4)ccc3-c3ccc4c(c3)sc3c4ccc4c5ccccc5n(-c5ccccc5)c43)n2)cc1.c1ccc(-c2nc(-c3ccccc3)nc(-c3cc(-c4ccccc4-c4ccccc4)ccc3-c3cccc4c3sc3c4ccc4c5ccccc5n(-c5ccccc5)c43)n2)cc1. The molecule has 24 rings (SSSR count). The van der Waals surface area contributed by atoms with E-state index >= 15 is 0 Å². The van der Waals surface area contributed by atoms with Crippen LogP contribution >= 0.6 is 22.7 Å². The molecule has 0 aliphatic carbocycles. The second-order valence-corrected chi connectivity index (χ2v) is 33.1. The molecule has 580 valence electrons. The minimum Gasteiger partial charge on any atom is -0.308 e. The molecular weight excluding hydrogens is 1550 g/mol. The zero-order valence-corrected chi connectivity index (χ0v) is 68.6. The van der Waals surface area contributed by atoms with Crippen LogP contribution in [0.2, 0.25) is 0 Å². The molecule has 0 atom stereocenters. The van der Waals surface area contributed by atoms with Gasteiger partial charge in [0.2, 0.25) is 0 Å². The Morgan fingerprint density at radius 3 is 0.895 bits per heavy atom. The molecule has 24 aromatic rings. The first kappa shape index (κ1) is 73.2. The molecule has 0 saturated heterocycles. The molecule has 0 bridgehead atoms. The van der Waals surface area contributed by atoms with Gasteiger partial charge in [0, 0.05) is 103 Å². The van der Waals surface area contributed by atoms with Crippen molar-refractivity contribution < 1.29 is 0 Å².